The zero-order chi connectivity index (χ0) is 20.6. The Kier molecular flexibility index (Phi) is 5.35. The van der Waals surface area contributed by atoms with Crippen LogP contribution in [0.5, 0.6) is 0 Å². The van der Waals surface area contributed by atoms with Crippen LogP contribution in [0.15, 0.2) is 47.1 Å². The molecule has 0 bridgehead atoms. The van der Waals surface area contributed by atoms with E-state index in [1.165, 1.54) is 0 Å². The van der Waals surface area contributed by atoms with Crippen molar-refractivity contribution >= 4 is 56.9 Å². The largest absolute Gasteiger partial charge is 0.324 e. The second kappa shape index (κ2) is 7.79. The third-order valence-electron chi connectivity index (χ3n) is 5.11. The fourth-order valence-corrected chi connectivity index (χ4v) is 5.28. The van der Waals surface area contributed by atoms with E-state index in [1.54, 1.807) is 59.3 Å². The molecule has 0 spiro atoms. The fraction of sp³-hybridized carbons (Fsp3) is 0.300. The van der Waals surface area contributed by atoms with Crippen molar-refractivity contribution in [2.45, 2.75) is 30.7 Å². The van der Waals surface area contributed by atoms with E-state index >= 15 is 0 Å². The molecule has 2 atom stereocenters. The summed E-state index contributed by atoms with van der Waals surface area (Å²) < 4.78 is 0.817. The van der Waals surface area contributed by atoms with Crippen LogP contribution in [0.25, 0.3) is 0 Å². The molecule has 0 radical (unpaired) electrons. The van der Waals surface area contributed by atoms with Gasteiger partial charge in [0.2, 0.25) is 11.8 Å². The molecule has 4 rings (SSSR count). The molecule has 2 unspecified atom stereocenters. The molecule has 1 aromatic heterocycles. The van der Waals surface area contributed by atoms with E-state index in [4.69, 9.17) is 0 Å². The molecular weight excluding hydrogens is 456 g/mol. The third kappa shape index (κ3) is 4.02. The molecule has 2 N–H and O–H groups in total. The number of thioether (sulfide) groups is 1. The first-order valence-electron chi connectivity index (χ1n) is 9.16. The summed E-state index contributed by atoms with van der Waals surface area (Å²) in [7, 11) is 0. The van der Waals surface area contributed by atoms with Gasteiger partial charge in [0.05, 0.1) is 4.87 Å². The minimum atomic E-state index is -0.496. The van der Waals surface area contributed by atoms with Gasteiger partial charge in [0.1, 0.15) is 11.9 Å². The predicted octanol–water partition coefficient (Wildman–Crippen LogP) is 3.49. The van der Waals surface area contributed by atoms with Crippen LogP contribution in [0.4, 0.5) is 11.5 Å². The average Bonchev–Trinajstić information content (AvgIpc) is 3.20. The Bertz CT molecular complexity index is 984. The zero-order valence-corrected chi connectivity index (χ0v) is 18.0. The van der Waals surface area contributed by atoms with Crippen LogP contribution in [0.2, 0.25) is 0 Å². The van der Waals surface area contributed by atoms with Gasteiger partial charge in [-0.05, 0) is 59.6 Å². The Morgan fingerprint density at radius 3 is 2.86 bits per heavy atom. The second-order valence-electron chi connectivity index (χ2n) is 7.15. The van der Waals surface area contributed by atoms with E-state index in [2.05, 4.69) is 31.5 Å². The first kappa shape index (κ1) is 19.9. The van der Waals surface area contributed by atoms with Crippen LogP contribution in [0.3, 0.4) is 0 Å². The highest BCUT2D eigenvalue weighted by molar-refractivity contribution is 9.10. The summed E-state index contributed by atoms with van der Waals surface area (Å²) in [4.78, 5) is 43.1. The number of nitrogens with zero attached hydrogens (tertiary/aromatic N) is 2. The highest BCUT2D eigenvalue weighted by Gasteiger charge is 2.52. The van der Waals surface area contributed by atoms with Crippen molar-refractivity contribution < 1.29 is 14.4 Å². The number of aromatic nitrogens is 1. The van der Waals surface area contributed by atoms with Gasteiger partial charge in [-0.25, -0.2) is 4.98 Å². The topological polar surface area (TPSA) is 91.4 Å². The number of amides is 3. The molecule has 29 heavy (non-hydrogen) atoms. The van der Waals surface area contributed by atoms with Crippen molar-refractivity contribution in [2.24, 2.45) is 0 Å². The summed E-state index contributed by atoms with van der Waals surface area (Å²) in [5, 5.41) is 5.58. The Morgan fingerprint density at radius 2 is 2.10 bits per heavy atom. The maximum absolute atomic E-state index is 12.8. The predicted molar refractivity (Wildman–Crippen MR) is 116 cm³/mol. The van der Waals surface area contributed by atoms with Gasteiger partial charge in [-0.15, -0.1) is 11.8 Å². The number of fused-ring (bicyclic) bond motifs is 1. The number of anilines is 2. The van der Waals surface area contributed by atoms with Crippen LogP contribution in [-0.4, -0.2) is 44.3 Å². The molecule has 2 aliphatic heterocycles. The number of halogens is 1. The molecule has 2 aromatic rings. The van der Waals surface area contributed by atoms with Crippen molar-refractivity contribution in [3.05, 3.63) is 52.6 Å². The standard InChI is InChI=1S/C20H19BrN4O3S/c1-20-8-7-17(26)25(20)15(11-29-20)19(28)23-14-4-2-3-12(9-14)18(27)24-16-6-5-13(21)10-22-16/h2-6,9-10,15H,7-8,11H2,1H3,(H,23,28)(H,22,24,27). The third-order valence-corrected chi connectivity index (χ3v) is 7.08. The van der Waals surface area contributed by atoms with Gasteiger partial charge in [0.15, 0.2) is 0 Å². The first-order chi connectivity index (χ1) is 13.9. The number of rotatable bonds is 4. The Morgan fingerprint density at radius 1 is 1.28 bits per heavy atom. The second-order valence-corrected chi connectivity index (χ2v) is 9.57. The van der Waals surface area contributed by atoms with Crippen LogP contribution in [0, 0.1) is 0 Å². The van der Waals surface area contributed by atoms with E-state index in [1.807, 2.05) is 6.92 Å². The van der Waals surface area contributed by atoms with Gasteiger partial charge in [0.25, 0.3) is 5.91 Å². The lowest BCUT2D eigenvalue weighted by Crippen LogP contribution is -2.48. The van der Waals surface area contributed by atoms with Crippen molar-refractivity contribution in [3.63, 3.8) is 0 Å². The highest BCUT2D eigenvalue weighted by atomic mass is 79.9. The van der Waals surface area contributed by atoms with Crippen LogP contribution in [-0.2, 0) is 9.59 Å². The van der Waals surface area contributed by atoms with Crippen molar-refractivity contribution in [3.8, 4) is 0 Å². The minimum absolute atomic E-state index is 0.0211. The number of nitrogens with one attached hydrogen (secondary N) is 2. The van der Waals surface area contributed by atoms with Crippen molar-refractivity contribution in [2.75, 3.05) is 16.4 Å². The van der Waals surface area contributed by atoms with Gasteiger partial charge in [-0.1, -0.05) is 6.07 Å². The molecule has 9 heteroatoms. The molecular formula is C20H19BrN4O3S. The smallest absolute Gasteiger partial charge is 0.256 e. The lowest BCUT2D eigenvalue weighted by Gasteiger charge is -2.29. The summed E-state index contributed by atoms with van der Waals surface area (Å²) in [5.74, 6) is 0.470. The van der Waals surface area contributed by atoms with Crippen molar-refractivity contribution in [1.82, 2.24) is 9.88 Å². The number of pyridine rings is 1. The minimum Gasteiger partial charge on any atom is -0.324 e. The molecule has 150 valence electrons. The van der Waals surface area contributed by atoms with Crippen molar-refractivity contribution in [1.29, 1.82) is 0 Å². The van der Waals surface area contributed by atoms with Gasteiger partial charge in [-0.3, -0.25) is 14.4 Å². The summed E-state index contributed by atoms with van der Waals surface area (Å²) in [5.41, 5.74) is 0.909. The SMILES string of the molecule is CC12CCC(=O)N1C(C(=O)Nc1cccc(C(=O)Nc3ccc(Br)cn3)c1)CS2. The quantitative estimate of drug-likeness (QED) is 0.707. The van der Waals surface area contributed by atoms with Gasteiger partial charge in [-0.2, -0.15) is 0 Å². The molecule has 3 amide bonds. The monoisotopic (exact) mass is 474 g/mol. The summed E-state index contributed by atoms with van der Waals surface area (Å²) in [6.07, 6.45) is 2.84. The van der Waals surface area contributed by atoms with Gasteiger partial charge in [0, 0.05) is 34.1 Å². The highest BCUT2D eigenvalue weighted by Crippen LogP contribution is 2.47. The van der Waals surface area contributed by atoms with E-state index in [0.29, 0.717) is 29.2 Å². The number of hydrogen-bond donors (Lipinski definition) is 2. The molecule has 2 saturated heterocycles. The Labute approximate surface area is 180 Å². The number of hydrogen-bond acceptors (Lipinski definition) is 5. The summed E-state index contributed by atoms with van der Waals surface area (Å²) in [6.45, 7) is 2.01. The summed E-state index contributed by atoms with van der Waals surface area (Å²) >= 11 is 4.95. The lowest BCUT2D eigenvalue weighted by atomic mass is 10.1. The number of carbonyl (C=O) groups is 3. The van der Waals surface area contributed by atoms with E-state index < -0.39 is 6.04 Å². The number of carbonyl (C=O) groups excluding carboxylic acids is 3. The van der Waals surface area contributed by atoms with Crippen LogP contribution in [0.1, 0.15) is 30.1 Å². The molecule has 2 aliphatic rings. The number of benzene rings is 1. The maximum Gasteiger partial charge on any atom is 0.256 e. The Hall–Kier alpha value is -2.39. The molecule has 0 saturated carbocycles. The van der Waals surface area contributed by atoms with Crippen LogP contribution < -0.4 is 10.6 Å². The lowest BCUT2D eigenvalue weighted by molar-refractivity contribution is -0.135. The normalized spacial score (nSPS) is 23.0. The maximum atomic E-state index is 12.8. The zero-order valence-electron chi connectivity index (χ0n) is 15.6. The van der Waals surface area contributed by atoms with Gasteiger partial charge >= 0.3 is 0 Å². The molecule has 3 heterocycles. The Balaban J connectivity index is 1.45. The summed E-state index contributed by atoms with van der Waals surface area (Å²) in [6, 6.07) is 9.68. The molecule has 2 fully saturated rings. The van der Waals surface area contributed by atoms with Gasteiger partial charge < -0.3 is 15.5 Å². The van der Waals surface area contributed by atoms with Crippen LogP contribution >= 0.6 is 27.7 Å². The van der Waals surface area contributed by atoms with E-state index in [9.17, 15) is 14.4 Å². The van der Waals surface area contributed by atoms with E-state index in [-0.39, 0.29) is 22.6 Å². The molecule has 7 nitrogen and oxygen atoms in total. The molecule has 1 aromatic carbocycles. The average molecular weight is 475 g/mol. The molecule has 0 aliphatic carbocycles. The fourth-order valence-electron chi connectivity index (χ4n) is 3.62. The van der Waals surface area contributed by atoms with E-state index in [0.717, 1.165) is 10.9 Å². The first-order valence-corrected chi connectivity index (χ1v) is 10.9.